The molecule has 0 bridgehead atoms. The van der Waals surface area contributed by atoms with Crippen LogP contribution in [-0.2, 0) is 6.54 Å². The number of fused-ring (bicyclic) bond motifs is 3. The van der Waals surface area contributed by atoms with Crippen molar-refractivity contribution >= 4 is 57.4 Å². The highest BCUT2D eigenvalue weighted by Crippen LogP contribution is 2.27. The number of halogens is 3. The molecule has 1 aliphatic heterocycles. The molecule has 3 heterocycles. The Kier molecular flexibility index (Phi) is 5.54. The van der Waals surface area contributed by atoms with Gasteiger partial charge in [-0.2, -0.15) is 4.98 Å². The van der Waals surface area contributed by atoms with Gasteiger partial charge >= 0.3 is 0 Å². The molecule has 0 amide bonds. The first-order valence-electron chi connectivity index (χ1n) is 10.3. The smallest absolute Gasteiger partial charge is 0.282 e. The fraction of sp³-hybridized carbons (Fsp3) is 0.318. The van der Waals surface area contributed by atoms with Gasteiger partial charge in [0.2, 0.25) is 11.7 Å². The monoisotopic (exact) mass is 475 g/mol. The summed E-state index contributed by atoms with van der Waals surface area (Å²) < 4.78 is 3.73. The molecule has 6 nitrogen and oxygen atoms in total. The van der Waals surface area contributed by atoms with E-state index in [1.54, 1.807) is 22.9 Å². The van der Waals surface area contributed by atoms with Gasteiger partial charge in [0.05, 0.1) is 27.5 Å². The van der Waals surface area contributed by atoms with Crippen molar-refractivity contribution in [2.45, 2.75) is 32.2 Å². The lowest BCUT2D eigenvalue weighted by Crippen LogP contribution is -2.26. The van der Waals surface area contributed by atoms with Crippen LogP contribution in [0.5, 0.6) is 0 Å². The van der Waals surface area contributed by atoms with Crippen molar-refractivity contribution in [1.82, 2.24) is 19.2 Å². The van der Waals surface area contributed by atoms with Gasteiger partial charge in [-0.25, -0.2) is 9.08 Å². The van der Waals surface area contributed by atoms with Gasteiger partial charge in [0.25, 0.3) is 5.56 Å². The van der Waals surface area contributed by atoms with Crippen LogP contribution in [0.15, 0.2) is 41.2 Å². The number of nitrogens with zero attached hydrogens (tertiary/aromatic N) is 5. The minimum Gasteiger partial charge on any atom is -0.341 e. The van der Waals surface area contributed by atoms with E-state index in [1.165, 1.54) is 12.8 Å². The predicted octanol–water partition coefficient (Wildman–Crippen LogP) is 5.43. The normalized spacial score (nSPS) is 15.0. The van der Waals surface area contributed by atoms with Crippen LogP contribution < -0.4 is 10.5 Å². The van der Waals surface area contributed by atoms with Gasteiger partial charge < -0.3 is 4.90 Å². The molecule has 31 heavy (non-hydrogen) atoms. The zero-order chi connectivity index (χ0) is 21.5. The number of rotatable bonds is 3. The lowest BCUT2D eigenvalue weighted by atomic mass is 10.2. The molecule has 1 fully saturated rings. The van der Waals surface area contributed by atoms with Crippen LogP contribution in [0.1, 0.15) is 31.2 Å². The van der Waals surface area contributed by atoms with Crippen LogP contribution in [0.2, 0.25) is 15.1 Å². The largest absolute Gasteiger partial charge is 0.341 e. The van der Waals surface area contributed by atoms with Crippen molar-refractivity contribution < 1.29 is 0 Å². The second-order valence-corrected chi connectivity index (χ2v) is 9.07. The third-order valence-corrected chi connectivity index (χ3v) is 6.65. The molecule has 2 aromatic heterocycles. The van der Waals surface area contributed by atoms with Crippen LogP contribution in [-0.4, -0.2) is 32.3 Å². The third-order valence-electron chi connectivity index (χ3n) is 5.68. The van der Waals surface area contributed by atoms with Crippen molar-refractivity contribution in [3.8, 4) is 0 Å². The second-order valence-electron chi connectivity index (χ2n) is 7.82. The third kappa shape index (κ3) is 3.88. The molecule has 0 saturated carbocycles. The Morgan fingerprint density at radius 1 is 0.903 bits per heavy atom. The molecule has 0 radical (unpaired) electrons. The molecule has 2 aromatic carbocycles. The van der Waals surface area contributed by atoms with E-state index in [9.17, 15) is 4.79 Å². The summed E-state index contributed by atoms with van der Waals surface area (Å²) in [6, 6.07) is 10.8. The molecule has 0 spiro atoms. The Hall–Kier alpha value is -2.28. The summed E-state index contributed by atoms with van der Waals surface area (Å²) in [7, 11) is 0. The summed E-state index contributed by atoms with van der Waals surface area (Å²) in [5.74, 6) is 1.28. The molecule has 9 heteroatoms. The lowest BCUT2D eigenvalue weighted by Gasteiger charge is -2.20. The van der Waals surface area contributed by atoms with Gasteiger partial charge in [0, 0.05) is 18.1 Å². The number of benzene rings is 2. The molecule has 0 unspecified atom stereocenters. The highest BCUT2D eigenvalue weighted by atomic mass is 35.5. The fourth-order valence-electron chi connectivity index (χ4n) is 4.14. The molecule has 0 N–H and O–H groups in total. The summed E-state index contributed by atoms with van der Waals surface area (Å²) in [6.45, 7) is 2.25. The quantitative estimate of drug-likeness (QED) is 0.395. The van der Waals surface area contributed by atoms with Gasteiger partial charge in [0.1, 0.15) is 0 Å². The number of hydrogen-bond donors (Lipinski definition) is 0. The van der Waals surface area contributed by atoms with Crippen molar-refractivity contribution in [1.29, 1.82) is 0 Å². The maximum absolute atomic E-state index is 12.8. The van der Waals surface area contributed by atoms with E-state index in [0.29, 0.717) is 32.8 Å². The molecular formula is C22H20Cl3N5O. The summed E-state index contributed by atoms with van der Waals surface area (Å²) in [5, 5.41) is 6.88. The van der Waals surface area contributed by atoms with Crippen molar-refractivity contribution in [3.05, 3.63) is 67.4 Å². The first-order valence-corrected chi connectivity index (χ1v) is 11.4. The Morgan fingerprint density at radius 2 is 1.68 bits per heavy atom. The van der Waals surface area contributed by atoms with E-state index in [4.69, 9.17) is 39.9 Å². The summed E-state index contributed by atoms with van der Waals surface area (Å²) >= 11 is 18.4. The van der Waals surface area contributed by atoms with Gasteiger partial charge in [-0.15, -0.1) is 5.10 Å². The van der Waals surface area contributed by atoms with Crippen LogP contribution in [0.3, 0.4) is 0 Å². The zero-order valence-corrected chi connectivity index (χ0v) is 19.0. The first-order chi connectivity index (χ1) is 15.0. The molecule has 160 valence electrons. The Balaban J connectivity index is 1.73. The average Bonchev–Trinajstić information content (AvgIpc) is 2.92. The molecule has 1 aliphatic rings. The maximum atomic E-state index is 12.8. The van der Waals surface area contributed by atoms with Crippen LogP contribution in [0, 0.1) is 0 Å². The summed E-state index contributed by atoms with van der Waals surface area (Å²) in [5.41, 5.74) is 1.35. The van der Waals surface area contributed by atoms with E-state index >= 15 is 0 Å². The molecule has 1 saturated heterocycles. The number of hydrogen-bond acceptors (Lipinski definition) is 4. The second kappa shape index (κ2) is 8.34. The maximum Gasteiger partial charge on any atom is 0.282 e. The van der Waals surface area contributed by atoms with E-state index in [1.807, 2.05) is 22.6 Å². The van der Waals surface area contributed by atoms with Gasteiger partial charge in [-0.3, -0.25) is 4.79 Å². The van der Waals surface area contributed by atoms with Crippen LogP contribution in [0.4, 0.5) is 5.95 Å². The molecule has 0 atom stereocenters. The van der Waals surface area contributed by atoms with Gasteiger partial charge in [-0.05, 0) is 48.7 Å². The molecule has 5 rings (SSSR count). The fourth-order valence-corrected chi connectivity index (χ4v) is 4.64. The minimum atomic E-state index is -0.324. The SMILES string of the molecule is O=c1nc2n(Cc3ccc(Cl)c(Cl)c3)nc(N3CCCCCC3)n2c2ccc(Cl)cc12. The summed E-state index contributed by atoms with van der Waals surface area (Å²) in [4.78, 5) is 19.5. The molecular weight excluding hydrogens is 457 g/mol. The van der Waals surface area contributed by atoms with Crippen LogP contribution >= 0.6 is 34.8 Å². The van der Waals surface area contributed by atoms with Crippen molar-refractivity contribution in [2.24, 2.45) is 0 Å². The predicted molar refractivity (Wildman–Crippen MR) is 126 cm³/mol. The number of aromatic nitrogens is 4. The zero-order valence-electron chi connectivity index (χ0n) is 16.7. The topological polar surface area (TPSA) is 55.4 Å². The summed E-state index contributed by atoms with van der Waals surface area (Å²) in [6.07, 6.45) is 4.64. The Bertz CT molecular complexity index is 1340. The van der Waals surface area contributed by atoms with Crippen molar-refractivity contribution in [3.63, 3.8) is 0 Å². The standard InChI is InChI=1S/C22H20Cl3N5O/c23-15-6-8-19-16(12-15)20(31)26-21-29(13-14-5-7-17(24)18(25)11-14)27-22(30(19)21)28-9-3-1-2-4-10-28/h5-8,11-12H,1-4,9-10,13H2. The average molecular weight is 477 g/mol. The van der Waals surface area contributed by atoms with Crippen molar-refractivity contribution in [2.75, 3.05) is 18.0 Å². The van der Waals surface area contributed by atoms with Crippen LogP contribution in [0.25, 0.3) is 16.7 Å². The highest BCUT2D eigenvalue weighted by molar-refractivity contribution is 6.42. The minimum absolute atomic E-state index is 0.324. The van der Waals surface area contributed by atoms with E-state index in [2.05, 4.69) is 9.88 Å². The van der Waals surface area contributed by atoms with Gasteiger partial charge in [0.15, 0.2) is 0 Å². The van der Waals surface area contributed by atoms with Gasteiger partial charge in [-0.1, -0.05) is 53.7 Å². The molecule has 0 aliphatic carbocycles. The Morgan fingerprint density at radius 3 is 2.42 bits per heavy atom. The lowest BCUT2D eigenvalue weighted by molar-refractivity contribution is 0.685. The van der Waals surface area contributed by atoms with E-state index < -0.39 is 0 Å². The Labute approximate surface area is 194 Å². The van der Waals surface area contributed by atoms with E-state index in [-0.39, 0.29) is 5.56 Å². The first kappa shape index (κ1) is 20.6. The molecule has 4 aromatic rings. The highest BCUT2D eigenvalue weighted by Gasteiger charge is 2.21. The number of anilines is 1. The van der Waals surface area contributed by atoms with E-state index in [0.717, 1.165) is 43.0 Å².